The molecule has 0 aliphatic heterocycles. The van der Waals surface area contributed by atoms with Crippen LogP contribution in [0.5, 0.6) is 0 Å². The molecule has 0 spiro atoms. The summed E-state index contributed by atoms with van der Waals surface area (Å²) in [5.74, 6) is 0. The van der Waals surface area contributed by atoms with E-state index < -0.39 is 0 Å². The van der Waals surface area contributed by atoms with Crippen LogP contribution in [0.3, 0.4) is 0 Å². The number of hydrogen-bond donors (Lipinski definition) is 1. The predicted molar refractivity (Wildman–Crippen MR) is 91.0 cm³/mol. The van der Waals surface area contributed by atoms with Crippen LogP contribution in [0.1, 0.15) is 17.2 Å². The van der Waals surface area contributed by atoms with Gasteiger partial charge in [-0.1, -0.05) is 65.7 Å². The summed E-state index contributed by atoms with van der Waals surface area (Å²) in [6.07, 6.45) is 0.727. The van der Waals surface area contributed by atoms with Crippen LogP contribution in [0.4, 0.5) is 0 Å². The first-order chi connectivity index (χ1) is 10.1. The fourth-order valence-electron chi connectivity index (χ4n) is 2.53. The highest BCUT2D eigenvalue weighted by atomic mass is 35.5. The standard InChI is InChI=1S/C18H15Cl2N/c19-15-7-8-17(20)16(11-15)18(21)10-12-5-6-13-3-1-2-4-14(13)9-12/h1-9,11,18H,10,21H2. The summed E-state index contributed by atoms with van der Waals surface area (Å²) in [4.78, 5) is 0. The lowest BCUT2D eigenvalue weighted by Crippen LogP contribution is -2.13. The van der Waals surface area contributed by atoms with Crippen molar-refractivity contribution in [3.8, 4) is 0 Å². The highest BCUT2D eigenvalue weighted by Gasteiger charge is 2.12. The van der Waals surface area contributed by atoms with Crippen molar-refractivity contribution in [2.24, 2.45) is 5.73 Å². The molecule has 0 heterocycles. The zero-order valence-electron chi connectivity index (χ0n) is 11.4. The van der Waals surface area contributed by atoms with Gasteiger partial charge in [0.2, 0.25) is 0 Å². The summed E-state index contributed by atoms with van der Waals surface area (Å²) >= 11 is 12.2. The summed E-state index contributed by atoms with van der Waals surface area (Å²) in [6.45, 7) is 0. The van der Waals surface area contributed by atoms with Crippen LogP contribution in [-0.4, -0.2) is 0 Å². The smallest absolute Gasteiger partial charge is 0.0454 e. The molecule has 0 saturated heterocycles. The Morgan fingerprint density at radius 1 is 0.857 bits per heavy atom. The van der Waals surface area contributed by atoms with Gasteiger partial charge in [0, 0.05) is 16.1 Å². The minimum atomic E-state index is -0.169. The molecule has 3 heteroatoms. The average molecular weight is 316 g/mol. The molecule has 3 aromatic rings. The largest absolute Gasteiger partial charge is 0.324 e. The van der Waals surface area contributed by atoms with Gasteiger partial charge in [0.1, 0.15) is 0 Å². The maximum atomic E-state index is 6.30. The molecule has 1 atom stereocenters. The zero-order chi connectivity index (χ0) is 14.8. The van der Waals surface area contributed by atoms with Crippen molar-refractivity contribution in [3.05, 3.63) is 81.8 Å². The second kappa shape index (κ2) is 6.07. The van der Waals surface area contributed by atoms with Crippen molar-refractivity contribution < 1.29 is 0 Å². The van der Waals surface area contributed by atoms with E-state index >= 15 is 0 Å². The van der Waals surface area contributed by atoms with Crippen molar-refractivity contribution in [1.82, 2.24) is 0 Å². The lowest BCUT2D eigenvalue weighted by Gasteiger charge is -2.14. The van der Waals surface area contributed by atoms with Gasteiger partial charge in [-0.05, 0) is 46.5 Å². The Bertz CT molecular complexity index is 783. The van der Waals surface area contributed by atoms with Crippen molar-refractivity contribution in [2.45, 2.75) is 12.5 Å². The molecule has 0 radical (unpaired) electrons. The van der Waals surface area contributed by atoms with Gasteiger partial charge in [0.15, 0.2) is 0 Å². The molecule has 0 aliphatic rings. The van der Waals surface area contributed by atoms with E-state index in [1.54, 1.807) is 12.1 Å². The van der Waals surface area contributed by atoms with E-state index in [0.29, 0.717) is 10.0 Å². The molecule has 3 rings (SSSR count). The number of benzene rings is 3. The van der Waals surface area contributed by atoms with E-state index in [-0.39, 0.29) is 6.04 Å². The molecular formula is C18H15Cl2N. The highest BCUT2D eigenvalue weighted by Crippen LogP contribution is 2.28. The number of rotatable bonds is 3. The molecule has 3 aromatic carbocycles. The maximum Gasteiger partial charge on any atom is 0.0454 e. The zero-order valence-corrected chi connectivity index (χ0v) is 12.9. The van der Waals surface area contributed by atoms with Crippen molar-refractivity contribution in [2.75, 3.05) is 0 Å². The molecule has 1 nitrogen and oxygen atoms in total. The third-order valence-electron chi connectivity index (χ3n) is 3.63. The topological polar surface area (TPSA) is 26.0 Å². The van der Waals surface area contributed by atoms with Gasteiger partial charge in [-0.2, -0.15) is 0 Å². The van der Waals surface area contributed by atoms with Gasteiger partial charge in [0.05, 0.1) is 0 Å². The Morgan fingerprint density at radius 3 is 2.43 bits per heavy atom. The summed E-state index contributed by atoms with van der Waals surface area (Å²) in [5, 5.41) is 3.77. The van der Waals surface area contributed by atoms with Gasteiger partial charge >= 0.3 is 0 Å². The van der Waals surface area contributed by atoms with Crippen molar-refractivity contribution >= 4 is 34.0 Å². The minimum Gasteiger partial charge on any atom is -0.324 e. The van der Waals surface area contributed by atoms with E-state index in [1.165, 1.54) is 16.3 Å². The first-order valence-electron chi connectivity index (χ1n) is 6.82. The van der Waals surface area contributed by atoms with E-state index in [9.17, 15) is 0 Å². The minimum absolute atomic E-state index is 0.169. The predicted octanol–water partition coefficient (Wildman–Crippen LogP) is 5.39. The van der Waals surface area contributed by atoms with Gasteiger partial charge in [-0.25, -0.2) is 0 Å². The van der Waals surface area contributed by atoms with Crippen LogP contribution in [0, 0.1) is 0 Å². The average Bonchev–Trinajstić information content (AvgIpc) is 2.49. The Morgan fingerprint density at radius 2 is 1.62 bits per heavy atom. The second-order valence-corrected chi connectivity index (χ2v) is 6.00. The summed E-state index contributed by atoms with van der Waals surface area (Å²) in [5.41, 5.74) is 8.38. The fourth-order valence-corrected chi connectivity index (χ4v) is 2.97. The first kappa shape index (κ1) is 14.4. The molecule has 0 aromatic heterocycles. The number of nitrogens with two attached hydrogens (primary N) is 1. The van der Waals surface area contributed by atoms with E-state index in [0.717, 1.165) is 12.0 Å². The Balaban J connectivity index is 1.88. The van der Waals surface area contributed by atoms with E-state index in [1.807, 2.05) is 18.2 Å². The molecule has 0 aliphatic carbocycles. The molecule has 2 N–H and O–H groups in total. The summed E-state index contributed by atoms with van der Waals surface area (Å²) in [6, 6.07) is 19.9. The number of hydrogen-bond acceptors (Lipinski definition) is 1. The lowest BCUT2D eigenvalue weighted by atomic mass is 9.97. The second-order valence-electron chi connectivity index (χ2n) is 5.16. The van der Waals surface area contributed by atoms with E-state index in [2.05, 4.69) is 30.3 Å². The van der Waals surface area contributed by atoms with Crippen LogP contribution in [0.2, 0.25) is 10.0 Å². The highest BCUT2D eigenvalue weighted by molar-refractivity contribution is 6.33. The van der Waals surface area contributed by atoms with Crippen molar-refractivity contribution in [1.29, 1.82) is 0 Å². The summed E-state index contributed by atoms with van der Waals surface area (Å²) in [7, 11) is 0. The molecule has 0 amide bonds. The monoisotopic (exact) mass is 315 g/mol. The maximum absolute atomic E-state index is 6.30. The van der Waals surface area contributed by atoms with Gasteiger partial charge in [-0.15, -0.1) is 0 Å². The molecule has 1 unspecified atom stereocenters. The normalized spacial score (nSPS) is 12.5. The fraction of sp³-hybridized carbons (Fsp3) is 0.111. The molecule has 21 heavy (non-hydrogen) atoms. The van der Waals surface area contributed by atoms with Gasteiger partial charge in [0.25, 0.3) is 0 Å². The third-order valence-corrected chi connectivity index (χ3v) is 4.21. The molecular weight excluding hydrogens is 301 g/mol. The SMILES string of the molecule is NC(Cc1ccc2ccccc2c1)c1cc(Cl)ccc1Cl. The first-order valence-corrected chi connectivity index (χ1v) is 7.57. The molecule has 0 bridgehead atoms. The van der Waals surface area contributed by atoms with Gasteiger partial charge < -0.3 is 5.73 Å². The molecule has 0 saturated carbocycles. The number of fused-ring (bicyclic) bond motifs is 1. The van der Waals surface area contributed by atoms with Crippen LogP contribution >= 0.6 is 23.2 Å². The van der Waals surface area contributed by atoms with Crippen LogP contribution in [0.15, 0.2) is 60.7 Å². The number of halogens is 2. The Labute approximate surface area is 134 Å². The van der Waals surface area contributed by atoms with Crippen LogP contribution < -0.4 is 5.73 Å². The van der Waals surface area contributed by atoms with E-state index in [4.69, 9.17) is 28.9 Å². The lowest BCUT2D eigenvalue weighted by molar-refractivity contribution is 0.723. The molecule has 0 fully saturated rings. The van der Waals surface area contributed by atoms with Crippen LogP contribution in [0.25, 0.3) is 10.8 Å². The van der Waals surface area contributed by atoms with Gasteiger partial charge in [-0.3, -0.25) is 0 Å². The Kier molecular flexibility index (Phi) is 4.16. The van der Waals surface area contributed by atoms with Crippen molar-refractivity contribution in [3.63, 3.8) is 0 Å². The summed E-state index contributed by atoms with van der Waals surface area (Å²) < 4.78 is 0. The third kappa shape index (κ3) is 3.21. The molecule has 106 valence electrons. The van der Waals surface area contributed by atoms with Crippen LogP contribution in [-0.2, 0) is 6.42 Å². The Hall–Kier alpha value is -1.54. The quantitative estimate of drug-likeness (QED) is 0.689.